The average Bonchev–Trinajstić information content (AvgIpc) is 3.09. The number of benzene rings is 2. The lowest BCUT2D eigenvalue weighted by molar-refractivity contribution is 0.355. The molecule has 0 aliphatic rings. The Bertz CT molecular complexity index is 926. The van der Waals surface area contributed by atoms with Crippen molar-refractivity contribution in [2.75, 3.05) is 14.2 Å². The molecule has 1 heterocycles. The van der Waals surface area contributed by atoms with Gasteiger partial charge in [-0.1, -0.05) is 41.0 Å². The van der Waals surface area contributed by atoms with E-state index in [0.717, 1.165) is 28.7 Å². The highest BCUT2D eigenvalue weighted by atomic mass is 35.5. The molecular formula is C19H19Cl2N3O2S. The van der Waals surface area contributed by atoms with Crippen molar-refractivity contribution in [3.63, 3.8) is 0 Å². The highest BCUT2D eigenvalue weighted by Gasteiger charge is 2.16. The molecule has 0 aliphatic heterocycles. The molecule has 142 valence electrons. The van der Waals surface area contributed by atoms with Gasteiger partial charge in [0.05, 0.1) is 14.2 Å². The third kappa shape index (κ3) is 4.18. The van der Waals surface area contributed by atoms with Crippen LogP contribution in [0, 0.1) is 0 Å². The first-order valence-corrected chi connectivity index (χ1v) is 10.0. The maximum absolute atomic E-state index is 6.27. The minimum absolute atomic E-state index is 0.614. The summed E-state index contributed by atoms with van der Waals surface area (Å²) in [6.45, 7) is 2.79. The van der Waals surface area contributed by atoms with Crippen LogP contribution in [0.1, 0.15) is 12.5 Å². The van der Waals surface area contributed by atoms with Crippen LogP contribution in [0.2, 0.25) is 10.0 Å². The molecule has 0 saturated heterocycles. The topological polar surface area (TPSA) is 49.2 Å². The molecule has 0 atom stereocenters. The van der Waals surface area contributed by atoms with Gasteiger partial charge < -0.3 is 14.0 Å². The summed E-state index contributed by atoms with van der Waals surface area (Å²) in [7, 11) is 3.22. The standard InChI is InChI=1S/C19H19Cl2N3O2S/c1-4-24-18(12-8-9-16(25-2)17(10-12)26-3)22-23-19(24)27-11-13-14(20)6-5-7-15(13)21/h5-10H,4,11H2,1-3H3. The van der Waals surface area contributed by atoms with Gasteiger partial charge in [0.25, 0.3) is 0 Å². The molecule has 0 N–H and O–H groups in total. The molecule has 0 radical (unpaired) electrons. The van der Waals surface area contributed by atoms with E-state index in [1.807, 2.05) is 36.4 Å². The third-order valence-electron chi connectivity index (χ3n) is 4.08. The Morgan fingerprint density at radius 2 is 1.70 bits per heavy atom. The first-order chi connectivity index (χ1) is 13.1. The molecule has 2 aromatic carbocycles. The molecule has 3 rings (SSSR count). The minimum atomic E-state index is 0.614. The lowest BCUT2D eigenvalue weighted by atomic mass is 10.2. The summed E-state index contributed by atoms with van der Waals surface area (Å²) >= 11 is 14.1. The Hall–Kier alpha value is -1.89. The number of hydrogen-bond acceptors (Lipinski definition) is 5. The Balaban J connectivity index is 1.89. The number of methoxy groups -OCH3 is 2. The summed E-state index contributed by atoms with van der Waals surface area (Å²) in [5.74, 6) is 2.71. The van der Waals surface area contributed by atoms with Crippen LogP contribution in [0.4, 0.5) is 0 Å². The molecular weight excluding hydrogens is 405 g/mol. The second kappa shape index (κ2) is 8.87. The first kappa shape index (κ1) is 19.9. The van der Waals surface area contributed by atoms with Gasteiger partial charge in [-0.05, 0) is 42.8 Å². The summed E-state index contributed by atoms with van der Waals surface area (Å²) in [6.07, 6.45) is 0. The molecule has 3 aromatic rings. The van der Waals surface area contributed by atoms with Crippen molar-refractivity contribution < 1.29 is 9.47 Å². The van der Waals surface area contributed by atoms with Crippen molar-refractivity contribution >= 4 is 35.0 Å². The maximum Gasteiger partial charge on any atom is 0.191 e. The zero-order valence-electron chi connectivity index (χ0n) is 15.2. The summed E-state index contributed by atoms with van der Waals surface area (Å²) in [5, 5.41) is 10.8. The molecule has 0 amide bonds. The van der Waals surface area contributed by atoms with E-state index in [4.69, 9.17) is 32.7 Å². The summed E-state index contributed by atoms with van der Waals surface area (Å²) in [6, 6.07) is 11.2. The number of thioether (sulfide) groups is 1. The van der Waals surface area contributed by atoms with Gasteiger partial charge in [0.15, 0.2) is 22.5 Å². The van der Waals surface area contributed by atoms with Crippen molar-refractivity contribution in [3.05, 3.63) is 52.0 Å². The molecule has 0 aliphatic carbocycles. The molecule has 0 unspecified atom stereocenters. The van der Waals surface area contributed by atoms with E-state index in [1.165, 1.54) is 0 Å². The van der Waals surface area contributed by atoms with Crippen LogP contribution in [0.3, 0.4) is 0 Å². The fraction of sp³-hybridized carbons (Fsp3) is 0.263. The number of hydrogen-bond donors (Lipinski definition) is 0. The summed E-state index contributed by atoms with van der Waals surface area (Å²) < 4.78 is 12.7. The van der Waals surface area contributed by atoms with Crippen LogP contribution in [-0.2, 0) is 12.3 Å². The molecule has 5 nitrogen and oxygen atoms in total. The normalized spacial score (nSPS) is 10.9. The molecule has 0 bridgehead atoms. The van der Waals surface area contributed by atoms with E-state index >= 15 is 0 Å². The quantitative estimate of drug-likeness (QED) is 0.464. The third-order valence-corrected chi connectivity index (χ3v) is 5.78. The monoisotopic (exact) mass is 423 g/mol. The molecule has 1 aromatic heterocycles. The molecule has 0 spiro atoms. The number of nitrogens with zero attached hydrogens (tertiary/aromatic N) is 3. The predicted molar refractivity (Wildman–Crippen MR) is 110 cm³/mol. The fourth-order valence-corrected chi connectivity index (χ4v) is 4.42. The largest absolute Gasteiger partial charge is 0.493 e. The van der Waals surface area contributed by atoms with Gasteiger partial charge in [-0.3, -0.25) is 0 Å². The lowest BCUT2D eigenvalue weighted by Gasteiger charge is -2.11. The van der Waals surface area contributed by atoms with Gasteiger partial charge in [-0.25, -0.2) is 0 Å². The van der Waals surface area contributed by atoms with Gasteiger partial charge >= 0.3 is 0 Å². The number of ether oxygens (including phenoxy) is 2. The maximum atomic E-state index is 6.27. The van der Waals surface area contributed by atoms with Crippen molar-refractivity contribution in [1.29, 1.82) is 0 Å². The Kier molecular flexibility index (Phi) is 6.52. The van der Waals surface area contributed by atoms with Crippen molar-refractivity contribution in [2.45, 2.75) is 24.4 Å². The van der Waals surface area contributed by atoms with Crippen molar-refractivity contribution in [2.24, 2.45) is 0 Å². The predicted octanol–water partition coefficient (Wildman–Crippen LogP) is 5.58. The number of halogens is 2. The average molecular weight is 424 g/mol. The highest BCUT2D eigenvalue weighted by Crippen LogP contribution is 2.35. The zero-order valence-corrected chi connectivity index (χ0v) is 17.5. The van der Waals surface area contributed by atoms with E-state index in [2.05, 4.69) is 21.7 Å². The van der Waals surface area contributed by atoms with E-state index in [0.29, 0.717) is 27.3 Å². The van der Waals surface area contributed by atoms with Gasteiger partial charge in [0.2, 0.25) is 0 Å². The Morgan fingerprint density at radius 1 is 1.00 bits per heavy atom. The summed E-state index contributed by atoms with van der Waals surface area (Å²) in [4.78, 5) is 0. The molecule has 0 fully saturated rings. The second-order valence-electron chi connectivity index (χ2n) is 5.61. The van der Waals surface area contributed by atoms with Crippen LogP contribution >= 0.6 is 35.0 Å². The van der Waals surface area contributed by atoms with Gasteiger partial charge in [0, 0.05) is 27.9 Å². The SMILES string of the molecule is CCn1c(SCc2c(Cl)cccc2Cl)nnc1-c1ccc(OC)c(OC)c1. The van der Waals surface area contributed by atoms with E-state index < -0.39 is 0 Å². The first-order valence-electron chi connectivity index (χ1n) is 8.30. The van der Waals surface area contributed by atoms with Crippen LogP contribution in [0.15, 0.2) is 41.6 Å². The van der Waals surface area contributed by atoms with Crippen molar-refractivity contribution in [3.8, 4) is 22.9 Å². The second-order valence-corrected chi connectivity index (χ2v) is 7.37. The fourth-order valence-electron chi connectivity index (χ4n) is 2.68. The van der Waals surface area contributed by atoms with Crippen LogP contribution in [0.25, 0.3) is 11.4 Å². The zero-order chi connectivity index (χ0) is 19.4. The van der Waals surface area contributed by atoms with Crippen LogP contribution in [0.5, 0.6) is 11.5 Å². The van der Waals surface area contributed by atoms with Crippen LogP contribution < -0.4 is 9.47 Å². The smallest absolute Gasteiger partial charge is 0.191 e. The minimum Gasteiger partial charge on any atom is -0.493 e. The van der Waals surface area contributed by atoms with E-state index in [9.17, 15) is 0 Å². The number of rotatable bonds is 7. The van der Waals surface area contributed by atoms with E-state index in [-0.39, 0.29) is 0 Å². The Labute approximate surface area is 172 Å². The highest BCUT2D eigenvalue weighted by molar-refractivity contribution is 7.98. The van der Waals surface area contributed by atoms with Gasteiger partial charge in [-0.15, -0.1) is 10.2 Å². The summed E-state index contributed by atoms with van der Waals surface area (Å²) in [5.41, 5.74) is 1.80. The van der Waals surface area contributed by atoms with Gasteiger partial charge in [-0.2, -0.15) is 0 Å². The lowest BCUT2D eigenvalue weighted by Crippen LogP contribution is -2.00. The van der Waals surface area contributed by atoms with Crippen LogP contribution in [-0.4, -0.2) is 29.0 Å². The van der Waals surface area contributed by atoms with E-state index in [1.54, 1.807) is 26.0 Å². The molecule has 0 saturated carbocycles. The molecule has 27 heavy (non-hydrogen) atoms. The molecule has 8 heteroatoms. The van der Waals surface area contributed by atoms with Crippen molar-refractivity contribution in [1.82, 2.24) is 14.8 Å². The number of aromatic nitrogens is 3. The Morgan fingerprint density at radius 3 is 2.33 bits per heavy atom. The van der Waals surface area contributed by atoms with Gasteiger partial charge in [0.1, 0.15) is 0 Å².